The Morgan fingerprint density at radius 2 is 1.27 bits per heavy atom. The maximum absolute atomic E-state index is 11.2. The van der Waals surface area contributed by atoms with Crippen LogP contribution in [0.2, 0.25) is 0 Å². The van der Waals surface area contributed by atoms with Crippen LogP contribution < -0.4 is 0 Å². The number of esters is 3. The van der Waals surface area contributed by atoms with Crippen molar-refractivity contribution in [2.24, 2.45) is 0 Å². The van der Waals surface area contributed by atoms with Crippen LogP contribution in [0.5, 0.6) is 0 Å². The summed E-state index contributed by atoms with van der Waals surface area (Å²) in [7, 11) is 0. The summed E-state index contributed by atoms with van der Waals surface area (Å²) in [4.78, 5) is 44.4. The summed E-state index contributed by atoms with van der Waals surface area (Å²) >= 11 is 0. The molecular weight excluding hydrogens is 304 g/mol. The molecule has 4 atom stereocenters. The van der Waals surface area contributed by atoms with Crippen LogP contribution in [0.1, 0.15) is 20.8 Å². The summed E-state index contributed by atoms with van der Waals surface area (Å²) in [6.45, 7) is 1.91. The number of aliphatic carboxylic acids is 1. The van der Waals surface area contributed by atoms with E-state index in [0.29, 0.717) is 0 Å². The molecule has 0 aliphatic rings. The van der Waals surface area contributed by atoms with Gasteiger partial charge in [0, 0.05) is 20.8 Å². The van der Waals surface area contributed by atoms with E-state index in [0.717, 1.165) is 20.8 Å². The average Bonchev–Trinajstić information content (AvgIpc) is 2.38. The van der Waals surface area contributed by atoms with Crippen molar-refractivity contribution in [3.05, 3.63) is 0 Å². The lowest BCUT2D eigenvalue weighted by molar-refractivity contribution is -0.200. The first-order chi connectivity index (χ1) is 10.1. The van der Waals surface area contributed by atoms with Gasteiger partial charge in [0.25, 0.3) is 0 Å². The Bertz CT molecular complexity index is 432. The predicted octanol–water partition coefficient (Wildman–Crippen LogP) is -1.78. The van der Waals surface area contributed by atoms with Gasteiger partial charge in [0.05, 0.1) is 6.61 Å². The van der Waals surface area contributed by atoms with Crippen LogP contribution in [-0.2, 0) is 33.4 Å². The zero-order valence-corrected chi connectivity index (χ0v) is 12.2. The number of hydrogen-bond acceptors (Lipinski definition) is 9. The van der Waals surface area contributed by atoms with Crippen LogP contribution in [0.25, 0.3) is 0 Å². The lowest BCUT2D eigenvalue weighted by Crippen LogP contribution is -2.53. The monoisotopic (exact) mass is 322 g/mol. The van der Waals surface area contributed by atoms with Crippen molar-refractivity contribution in [3.63, 3.8) is 0 Å². The van der Waals surface area contributed by atoms with Crippen molar-refractivity contribution >= 4 is 23.9 Å². The van der Waals surface area contributed by atoms with E-state index in [1.165, 1.54) is 0 Å². The minimum absolute atomic E-state index is 0.915. The first kappa shape index (κ1) is 19.8. The van der Waals surface area contributed by atoms with Crippen molar-refractivity contribution in [2.75, 3.05) is 6.61 Å². The van der Waals surface area contributed by atoms with Gasteiger partial charge in [0.2, 0.25) is 6.10 Å². The Balaban J connectivity index is 5.66. The third-order valence-electron chi connectivity index (χ3n) is 2.33. The lowest BCUT2D eigenvalue weighted by Gasteiger charge is -2.31. The van der Waals surface area contributed by atoms with Crippen molar-refractivity contribution in [1.29, 1.82) is 0 Å². The first-order valence-electron chi connectivity index (χ1n) is 6.13. The molecule has 0 aliphatic heterocycles. The minimum atomic E-state index is -2.04. The molecule has 0 bridgehead atoms. The number of rotatable bonds is 8. The van der Waals surface area contributed by atoms with Crippen LogP contribution in [0.3, 0.4) is 0 Å². The molecule has 3 N–H and O–H groups in total. The average molecular weight is 322 g/mol. The molecule has 0 unspecified atom stereocenters. The highest BCUT2D eigenvalue weighted by Gasteiger charge is 2.44. The lowest BCUT2D eigenvalue weighted by atomic mass is 10.0. The van der Waals surface area contributed by atoms with E-state index in [9.17, 15) is 24.3 Å². The molecule has 22 heavy (non-hydrogen) atoms. The van der Waals surface area contributed by atoms with E-state index < -0.39 is 54.9 Å². The molecule has 0 rings (SSSR count). The second-order valence-corrected chi connectivity index (χ2v) is 4.27. The molecule has 0 aromatic heterocycles. The Labute approximate surface area is 125 Å². The number of carbonyl (C=O) groups excluding carboxylic acids is 3. The second-order valence-electron chi connectivity index (χ2n) is 4.27. The van der Waals surface area contributed by atoms with Gasteiger partial charge >= 0.3 is 23.9 Å². The molecule has 126 valence electrons. The zero-order valence-electron chi connectivity index (χ0n) is 12.2. The van der Waals surface area contributed by atoms with Crippen LogP contribution in [0.15, 0.2) is 0 Å². The van der Waals surface area contributed by atoms with Crippen LogP contribution in [0.4, 0.5) is 0 Å². The van der Waals surface area contributed by atoms with Gasteiger partial charge in [0.15, 0.2) is 12.2 Å². The molecular formula is C12H18O10. The van der Waals surface area contributed by atoms with E-state index >= 15 is 0 Å². The number of aliphatic hydroxyl groups is 2. The SMILES string of the molecule is CC(=O)O[C@@H]([C@H](OC(C)=O)[C@@H](OC(C)=O)C(=O)O)[C@H](O)CO. The van der Waals surface area contributed by atoms with Gasteiger partial charge in [-0.25, -0.2) is 4.79 Å². The van der Waals surface area contributed by atoms with Crippen LogP contribution in [0, 0.1) is 0 Å². The first-order valence-corrected chi connectivity index (χ1v) is 6.13. The summed E-state index contributed by atoms with van der Waals surface area (Å²) in [5.74, 6) is -4.58. The van der Waals surface area contributed by atoms with Gasteiger partial charge in [-0.1, -0.05) is 0 Å². The van der Waals surface area contributed by atoms with Crippen molar-refractivity contribution in [1.82, 2.24) is 0 Å². The van der Waals surface area contributed by atoms with E-state index in [-0.39, 0.29) is 0 Å². The highest BCUT2D eigenvalue weighted by atomic mass is 16.6. The van der Waals surface area contributed by atoms with E-state index in [1.54, 1.807) is 0 Å². The Morgan fingerprint density at radius 1 is 0.864 bits per heavy atom. The molecule has 0 saturated heterocycles. The number of ether oxygens (including phenoxy) is 3. The van der Waals surface area contributed by atoms with Gasteiger partial charge in [0.1, 0.15) is 6.10 Å². The van der Waals surface area contributed by atoms with Crippen LogP contribution >= 0.6 is 0 Å². The topological polar surface area (TPSA) is 157 Å². The fourth-order valence-electron chi connectivity index (χ4n) is 1.59. The molecule has 0 aliphatic carbocycles. The third kappa shape index (κ3) is 6.50. The number of aliphatic hydroxyl groups excluding tert-OH is 2. The molecule has 0 spiro atoms. The van der Waals surface area contributed by atoms with Gasteiger partial charge in [-0.3, -0.25) is 14.4 Å². The molecule has 0 fully saturated rings. The molecule has 10 nitrogen and oxygen atoms in total. The maximum atomic E-state index is 11.2. The number of carboxylic acids is 1. The minimum Gasteiger partial charge on any atom is -0.478 e. The number of carbonyl (C=O) groups is 4. The number of carboxylic acid groups (broad SMARTS) is 1. The Morgan fingerprint density at radius 3 is 1.59 bits per heavy atom. The van der Waals surface area contributed by atoms with E-state index in [2.05, 4.69) is 4.74 Å². The van der Waals surface area contributed by atoms with Gasteiger partial charge < -0.3 is 29.5 Å². The normalized spacial score (nSPS) is 15.9. The molecule has 0 heterocycles. The molecule has 0 saturated carbocycles. The Kier molecular flexibility index (Phi) is 8.05. The smallest absolute Gasteiger partial charge is 0.349 e. The summed E-state index contributed by atoms with van der Waals surface area (Å²) in [5, 5.41) is 27.7. The van der Waals surface area contributed by atoms with Crippen molar-refractivity contribution in [3.8, 4) is 0 Å². The summed E-state index contributed by atoms with van der Waals surface area (Å²) in [5.41, 5.74) is 0. The quantitative estimate of drug-likeness (QED) is 0.344. The van der Waals surface area contributed by atoms with Gasteiger partial charge in [-0.2, -0.15) is 0 Å². The molecule has 0 aromatic rings. The van der Waals surface area contributed by atoms with Gasteiger partial charge in [-0.05, 0) is 0 Å². The molecule has 0 aromatic carbocycles. The maximum Gasteiger partial charge on any atom is 0.349 e. The highest BCUT2D eigenvalue weighted by Crippen LogP contribution is 2.17. The summed E-state index contributed by atoms with van der Waals surface area (Å²) in [6.07, 6.45) is -7.38. The fourth-order valence-corrected chi connectivity index (χ4v) is 1.59. The molecule has 0 radical (unpaired) electrons. The molecule has 10 heteroatoms. The van der Waals surface area contributed by atoms with Crippen molar-refractivity contribution < 1.29 is 48.7 Å². The fraction of sp³-hybridized carbons (Fsp3) is 0.667. The second kappa shape index (κ2) is 8.95. The van der Waals surface area contributed by atoms with E-state index in [1.807, 2.05) is 0 Å². The van der Waals surface area contributed by atoms with Crippen LogP contribution in [-0.4, -0.2) is 70.2 Å². The highest BCUT2D eigenvalue weighted by molar-refractivity contribution is 5.78. The Hall–Kier alpha value is -2.20. The molecule has 0 amide bonds. The zero-order chi connectivity index (χ0) is 17.4. The van der Waals surface area contributed by atoms with Gasteiger partial charge in [-0.15, -0.1) is 0 Å². The largest absolute Gasteiger partial charge is 0.478 e. The third-order valence-corrected chi connectivity index (χ3v) is 2.33. The summed E-state index contributed by atoms with van der Waals surface area (Å²) in [6, 6.07) is 0. The summed E-state index contributed by atoms with van der Waals surface area (Å²) < 4.78 is 13.9. The van der Waals surface area contributed by atoms with E-state index in [4.69, 9.17) is 19.7 Å². The van der Waals surface area contributed by atoms with Crippen molar-refractivity contribution in [2.45, 2.75) is 45.2 Å². The number of hydrogen-bond donors (Lipinski definition) is 3. The predicted molar refractivity (Wildman–Crippen MR) is 67.4 cm³/mol. The standard InChI is InChI=1S/C12H18O10/c1-5(14)20-9(8(17)4-13)10(21-6(2)15)11(12(18)19)22-7(3)16/h8-11,13,17H,4H2,1-3H3,(H,18,19)/t8-,9-,10+,11-/m1/s1.